The number of benzene rings is 1. The first kappa shape index (κ1) is 20.4. The second-order valence-corrected chi connectivity index (χ2v) is 8.93. The van der Waals surface area contributed by atoms with Gasteiger partial charge in [-0.15, -0.1) is 0 Å². The topological polar surface area (TPSA) is 53.8 Å². The molecule has 0 aliphatic rings. The van der Waals surface area contributed by atoms with Gasteiger partial charge in [0.2, 0.25) is 0 Å². The van der Waals surface area contributed by atoms with Crippen LogP contribution < -0.4 is 0 Å². The van der Waals surface area contributed by atoms with Crippen LogP contribution in [0.2, 0.25) is 10.0 Å². The van der Waals surface area contributed by atoms with Crippen molar-refractivity contribution in [3.05, 3.63) is 44.9 Å². The number of aromatic amines is 1. The third kappa shape index (κ3) is 5.30. The van der Waals surface area contributed by atoms with E-state index in [1.54, 1.807) is 17.1 Å². The minimum absolute atomic E-state index is 0.208. The Hall–Kier alpha value is -0.880. The van der Waals surface area contributed by atoms with Gasteiger partial charge in [-0.3, -0.25) is 0 Å². The Morgan fingerprint density at radius 1 is 1.32 bits per heavy atom. The molecule has 0 spiro atoms. The van der Waals surface area contributed by atoms with Crippen molar-refractivity contribution in [2.24, 2.45) is 11.3 Å². The van der Waals surface area contributed by atoms with Crippen LogP contribution in [0.25, 0.3) is 0 Å². The van der Waals surface area contributed by atoms with Crippen LogP contribution in [0, 0.1) is 16.1 Å². The van der Waals surface area contributed by atoms with E-state index in [4.69, 9.17) is 35.4 Å². The van der Waals surface area contributed by atoms with Gasteiger partial charge in [-0.2, -0.15) is 5.10 Å². The van der Waals surface area contributed by atoms with Gasteiger partial charge in [0.15, 0.2) is 4.77 Å². The lowest BCUT2D eigenvalue weighted by molar-refractivity contribution is 0.00389. The summed E-state index contributed by atoms with van der Waals surface area (Å²) in [5, 5.41) is 16.5. The Bertz CT molecular complexity index is 766. The lowest BCUT2D eigenvalue weighted by atomic mass is 9.81. The average molecular weight is 402 g/mol. The van der Waals surface area contributed by atoms with Crippen LogP contribution >= 0.6 is 35.4 Å². The SMILES string of the molecule is C[C@@H](Cc1ccc(Cl)cc1Cl)C[C@H]([C@H](O)C(C)(C)C)n1nc[nH]c1=S. The molecular formula is C18H25Cl2N3OS. The fraction of sp³-hybridized carbons (Fsp3) is 0.556. The number of hydrogen-bond acceptors (Lipinski definition) is 3. The van der Waals surface area contributed by atoms with Crippen molar-refractivity contribution in [3.63, 3.8) is 0 Å². The van der Waals surface area contributed by atoms with E-state index < -0.39 is 6.10 Å². The number of hydrogen-bond donors (Lipinski definition) is 2. The molecule has 2 N–H and O–H groups in total. The van der Waals surface area contributed by atoms with E-state index >= 15 is 0 Å². The summed E-state index contributed by atoms with van der Waals surface area (Å²) in [5.74, 6) is 0.277. The molecule has 2 aromatic rings. The summed E-state index contributed by atoms with van der Waals surface area (Å²) < 4.78 is 2.23. The molecule has 4 nitrogen and oxygen atoms in total. The molecule has 0 unspecified atom stereocenters. The van der Waals surface area contributed by atoms with Gasteiger partial charge < -0.3 is 10.1 Å². The summed E-state index contributed by atoms with van der Waals surface area (Å²) in [5.41, 5.74) is 0.768. The maximum atomic E-state index is 10.9. The molecule has 25 heavy (non-hydrogen) atoms. The second kappa shape index (κ2) is 8.21. The van der Waals surface area contributed by atoms with Gasteiger partial charge in [0.05, 0.1) is 12.1 Å². The van der Waals surface area contributed by atoms with Gasteiger partial charge in [0.1, 0.15) is 6.33 Å². The Balaban J connectivity index is 2.21. The van der Waals surface area contributed by atoms with Crippen LogP contribution in [0.15, 0.2) is 24.5 Å². The molecule has 138 valence electrons. The van der Waals surface area contributed by atoms with E-state index in [-0.39, 0.29) is 17.4 Å². The Kier molecular flexibility index (Phi) is 6.71. The first-order chi connectivity index (χ1) is 11.6. The van der Waals surface area contributed by atoms with Crippen molar-refractivity contribution in [3.8, 4) is 0 Å². The van der Waals surface area contributed by atoms with Gasteiger partial charge in [-0.25, -0.2) is 4.68 Å². The highest BCUT2D eigenvalue weighted by Gasteiger charge is 2.33. The van der Waals surface area contributed by atoms with Gasteiger partial charge in [-0.05, 0) is 54.1 Å². The molecule has 0 amide bonds. The molecule has 0 saturated heterocycles. The quantitative estimate of drug-likeness (QED) is 0.631. The first-order valence-electron chi connectivity index (χ1n) is 8.33. The van der Waals surface area contributed by atoms with Crippen LogP contribution in [0.4, 0.5) is 0 Å². The Morgan fingerprint density at radius 3 is 2.52 bits per heavy atom. The standard InChI is InChI=1S/C18H25Cl2N3OS/c1-11(7-12-5-6-13(19)9-14(12)20)8-15(16(24)18(2,3)4)23-17(25)21-10-22-23/h5-6,9-11,15-16,24H,7-8H2,1-4H3,(H,21,22,25)/t11-,15+,16-/m0/s1. The highest BCUT2D eigenvalue weighted by atomic mass is 35.5. The predicted molar refractivity (Wildman–Crippen MR) is 106 cm³/mol. The van der Waals surface area contributed by atoms with Crippen molar-refractivity contribution < 1.29 is 5.11 Å². The number of halogens is 2. The summed E-state index contributed by atoms with van der Waals surface area (Å²) >= 11 is 17.6. The van der Waals surface area contributed by atoms with Crippen molar-refractivity contribution in [1.29, 1.82) is 0 Å². The van der Waals surface area contributed by atoms with Crippen molar-refractivity contribution in [1.82, 2.24) is 14.8 Å². The summed E-state index contributed by atoms with van der Waals surface area (Å²) in [4.78, 5) is 2.91. The number of aliphatic hydroxyl groups excluding tert-OH is 1. The van der Waals surface area contributed by atoms with Crippen LogP contribution in [-0.2, 0) is 6.42 Å². The molecule has 0 saturated carbocycles. The smallest absolute Gasteiger partial charge is 0.195 e. The Labute approximate surface area is 164 Å². The summed E-state index contributed by atoms with van der Waals surface area (Å²) in [6, 6.07) is 5.35. The van der Waals surface area contributed by atoms with E-state index in [0.29, 0.717) is 14.8 Å². The van der Waals surface area contributed by atoms with Gasteiger partial charge in [-0.1, -0.05) is 57.0 Å². The summed E-state index contributed by atoms with van der Waals surface area (Å²) in [6.07, 6.45) is 2.51. The molecule has 2 rings (SSSR count). The van der Waals surface area contributed by atoms with E-state index in [9.17, 15) is 5.11 Å². The van der Waals surface area contributed by atoms with E-state index in [1.165, 1.54) is 0 Å². The first-order valence-corrected chi connectivity index (χ1v) is 9.50. The Morgan fingerprint density at radius 2 is 2.00 bits per heavy atom. The molecule has 1 heterocycles. The predicted octanol–water partition coefficient (Wildman–Crippen LogP) is 5.46. The van der Waals surface area contributed by atoms with Gasteiger partial charge in [0, 0.05) is 10.0 Å². The molecule has 1 aromatic heterocycles. The number of nitrogens with one attached hydrogen (secondary N) is 1. The highest BCUT2D eigenvalue weighted by Crippen LogP contribution is 2.34. The monoisotopic (exact) mass is 401 g/mol. The molecule has 0 aliphatic heterocycles. The fourth-order valence-electron chi connectivity index (χ4n) is 3.00. The molecule has 0 aliphatic carbocycles. The van der Waals surface area contributed by atoms with Crippen molar-refractivity contribution in [2.75, 3.05) is 0 Å². The summed E-state index contributed by atoms with van der Waals surface area (Å²) in [7, 11) is 0. The molecule has 0 fully saturated rings. The lowest BCUT2D eigenvalue weighted by Gasteiger charge is -2.34. The summed E-state index contributed by atoms with van der Waals surface area (Å²) in [6.45, 7) is 8.19. The molecule has 0 radical (unpaired) electrons. The zero-order valence-corrected chi connectivity index (χ0v) is 17.3. The number of rotatable bonds is 6. The average Bonchev–Trinajstić information content (AvgIpc) is 2.92. The number of aromatic nitrogens is 3. The third-order valence-corrected chi connectivity index (χ3v) is 5.26. The molecular weight excluding hydrogens is 377 g/mol. The van der Waals surface area contributed by atoms with Crippen LogP contribution in [0.3, 0.4) is 0 Å². The van der Waals surface area contributed by atoms with Gasteiger partial charge >= 0.3 is 0 Å². The number of nitrogens with zero attached hydrogens (tertiary/aromatic N) is 2. The third-order valence-electron chi connectivity index (χ3n) is 4.37. The van der Waals surface area contributed by atoms with E-state index in [1.807, 2.05) is 32.9 Å². The van der Waals surface area contributed by atoms with Crippen molar-refractivity contribution >= 4 is 35.4 Å². The molecule has 3 atom stereocenters. The largest absolute Gasteiger partial charge is 0.390 e. The lowest BCUT2D eigenvalue weighted by Crippen LogP contribution is -2.37. The molecule has 0 bridgehead atoms. The normalized spacial score (nSPS) is 15.8. The minimum atomic E-state index is -0.578. The van der Waals surface area contributed by atoms with Gasteiger partial charge in [0.25, 0.3) is 0 Å². The van der Waals surface area contributed by atoms with Crippen LogP contribution in [0.1, 0.15) is 45.7 Å². The maximum absolute atomic E-state index is 10.9. The van der Waals surface area contributed by atoms with Crippen LogP contribution in [-0.4, -0.2) is 26.0 Å². The molecule has 7 heteroatoms. The van der Waals surface area contributed by atoms with Crippen molar-refractivity contribution in [2.45, 2.75) is 52.7 Å². The number of aliphatic hydroxyl groups is 1. The zero-order valence-electron chi connectivity index (χ0n) is 15.0. The van der Waals surface area contributed by atoms with E-state index in [2.05, 4.69) is 17.0 Å². The second-order valence-electron chi connectivity index (χ2n) is 7.70. The van der Waals surface area contributed by atoms with E-state index in [0.717, 1.165) is 18.4 Å². The zero-order chi connectivity index (χ0) is 18.8. The highest BCUT2D eigenvalue weighted by molar-refractivity contribution is 7.71. The minimum Gasteiger partial charge on any atom is -0.390 e. The maximum Gasteiger partial charge on any atom is 0.195 e. The fourth-order valence-corrected chi connectivity index (χ4v) is 3.72. The number of H-pyrrole nitrogens is 1. The van der Waals surface area contributed by atoms with Crippen LogP contribution in [0.5, 0.6) is 0 Å². The molecule has 1 aromatic carbocycles.